The maximum atomic E-state index is 5.67. The molecule has 2 aromatic rings. The van der Waals surface area contributed by atoms with Crippen LogP contribution in [0.1, 0.15) is 11.1 Å². The molecule has 1 heterocycles. The maximum Gasteiger partial charge on any atom is 0.140 e. The van der Waals surface area contributed by atoms with Gasteiger partial charge in [-0.15, -0.1) is 0 Å². The third-order valence-electron chi connectivity index (χ3n) is 2.38. The van der Waals surface area contributed by atoms with Gasteiger partial charge in [-0.3, -0.25) is 0 Å². The van der Waals surface area contributed by atoms with E-state index in [0.717, 1.165) is 21.3 Å². The van der Waals surface area contributed by atoms with E-state index in [-0.39, 0.29) is 0 Å². The lowest BCUT2D eigenvalue weighted by Crippen LogP contribution is -2.12. The van der Waals surface area contributed by atoms with Crippen molar-refractivity contribution < 1.29 is 0 Å². The van der Waals surface area contributed by atoms with Crippen LogP contribution < -0.4 is 11.1 Å². The number of halogens is 1. The molecule has 0 bridgehead atoms. The number of pyridine rings is 1. The molecular formula is C13H12BrN3S. The second-order valence-corrected chi connectivity index (χ2v) is 5.26. The lowest BCUT2D eigenvalue weighted by Gasteiger charge is -2.10. The molecule has 0 aliphatic rings. The lowest BCUT2D eigenvalue weighted by atomic mass is 10.2. The monoisotopic (exact) mass is 321 g/mol. The Hall–Kier alpha value is -1.46. The summed E-state index contributed by atoms with van der Waals surface area (Å²) < 4.78 is 1.01. The lowest BCUT2D eigenvalue weighted by molar-refractivity contribution is 1.29. The van der Waals surface area contributed by atoms with Gasteiger partial charge in [-0.2, -0.15) is 0 Å². The molecule has 0 radical (unpaired) electrons. The van der Waals surface area contributed by atoms with Crippen molar-refractivity contribution in [2.24, 2.45) is 5.73 Å². The summed E-state index contributed by atoms with van der Waals surface area (Å²) in [4.78, 5) is 4.59. The largest absolute Gasteiger partial charge is 0.389 e. The summed E-state index contributed by atoms with van der Waals surface area (Å²) in [7, 11) is 0. The Morgan fingerprint density at radius 1 is 1.39 bits per heavy atom. The van der Waals surface area contributed by atoms with Gasteiger partial charge >= 0.3 is 0 Å². The molecule has 0 atom stereocenters. The number of nitrogens with one attached hydrogen (secondary N) is 1. The van der Waals surface area contributed by atoms with Crippen molar-refractivity contribution in [3.8, 4) is 0 Å². The molecule has 5 heteroatoms. The molecule has 1 aromatic carbocycles. The van der Waals surface area contributed by atoms with Gasteiger partial charge in [-0.05, 0) is 42.8 Å². The third kappa shape index (κ3) is 3.05. The Bertz CT molecular complexity index is 578. The zero-order valence-electron chi connectivity index (χ0n) is 9.77. The van der Waals surface area contributed by atoms with Gasteiger partial charge in [-0.1, -0.05) is 28.1 Å². The Morgan fingerprint density at radius 2 is 2.17 bits per heavy atom. The van der Waals surface area contributed by atoms with Crippen LogP contribution >= 0.6 is 28.1 Å². The quantitative estimate of drug-likeness (QED) is 0.849. The molecule has 92 valence electrons. The number of anilines is 2. The van der Waals surface area contributed by atoms with Gasteiger partial charge in [0.2, 0.25) is 0 Å². The first kappa shape index (κ1) is 13.0. The number of nitrogens with zero attached hydrogens (tertiary/aromatic N) is 1. The van der Waals surface area contributed by atoms with E-state index in [1.807, 2.05) is 37.3 Å². The maximum absolute atomic E-state index is 5.67. The van der Waals surface area contributed by atoms with Gasteiger partial charge in [-0.25, -0.2) is 4.98 Å². The highest BCUT2D eigenvalue weighted by atomic mass is 79.9. The predicted octanol–water partition coefficient (Wildman–Crippen LogP) is 3.53. The van der Waals surface area contributed by atoms with Crippen LogP contribution in [0.2, 0.25) is 0 Å². The minimum Gasteiger partial charge on any atom is -0.389 e. The highest BCUT2D eigenvalue weighted by Gasteiger charge is 2.06. The molecule has 2 rings (SSSR count). The summed E-state index contributed by atoms with van der Waals surface area (Å²) in [5.74, 6) is 0.669. The number of aromatic nitrogens is 1. The molecular weight excluding hydrogens is 310 g/mol. The fraction of sp³-hybridized carbons (Fsp3) is 0.0769. The second kappa shape index (κ2) is 5.46. The SMILES string of the molecule is Cc1cc(Br)cc(Nc2ncccc2C(N)=S)c1. The number of nitrogens with two attached hydrogens (primary N) is 1. The van der Waals surface area contributed by atoms with E-state index in [1.54, 1.807) is 6.20 Å². The Labute approximate surface area is 120 Å². The van der Waals surface area contributed by atoms with Gasteiger partial charge in [0.15, 0.2) is 0 Å². The van der Waals surface area contributed by atoms with E-state index in [2.05, 4.69) is 26.2 Å². The van der Waals surface area contributed by atoms with Gasteiger partial charge < -0.3 is 11.1 Å². The molecule has 0 aliphatic heterocycles. The molecule has 1 aromatic heterocycles. The molecule has 18 heavy (non-hydrogen) atoms. The molecule has 0 aliphatic carbocycles. The normalized spacial score (nSPS) is 10.1. The number of aryl methyl sites for hydroxylation is 1. The summed E-state index contributed by atoms with van der Waals surface area (Å²) >= 11 is 8.47. The second-order valence-electron chi connectivity index (χ2n) is 3.91. The molecule has 0 spiro atoms. The van der Waals surface area contributed by atoms with Crippen LogP contribution in [-0.2, 0) is 0 Å². The molecule has 0 saturated heterocycles. The average molecular weight is 322 g/mol. The number of benzene rings is 1. The van der Waals surface area contributed by atoms with E-state index in [4.69, 9.17) is 18.0 Å². The van der Waals surface area contributed by atoms with Gasteiger partial charge in [0.1, 0.15) is 10.8 Å². The molecule has 0 amide bonds. The van der Waals surface area contributed by atoms with E-state index < -0.39 is 0 Å². The zero-order valence-corrected chi connectivity index (χ0v) is 12.2. The minimum absolute atomic E-state index is 0.331. The minimum atomic E-state index is 0.331. The topological polar surface area (TPSA) is 50.9 Å². The number of rotatable bonds is 3. The smallest absolute Gasteiger partial charge is 0.140 e. The predicted molar refractivity (Wildman–Crippen MR) is 82.3 cm³/mol. The molecule has 0 unspecified atom stereocenters. The van der Waals surface area contributed by atoms with Crippen molar-refractivity contribution in [3.05, 3.63) is 52.1 Å². The summed E-state index contributed by atoms with van der Waals surface area (Å²) in [6.07, 6.45) is 1.70. The molecule has 3 N–H and O–H groups in total. The van der Waals surface area contributed by atoms with Gasteiger partial charge in [0.25, 0.3) is 0 Å². The number of hydrogen-bond acceptors (Lipinski definition) is 3. The van der Waals surface area contributed by atoms with Crippen LogP contribution in [-0.4, -0.2) is 9.97 Å². The zero-order chi connectivity index (χ0) is 13.1. The Kier molecular flexibility index (Phi) is 3.93. The fourth-order valence-electron chi connectivity index (χ4n) is 1.65. The van der Waals surface area contributed by atoms with Crippen LogP contribution in [0.15, 0.2) is 41.0 Å². The van der Waals surface area contributed by atoms with E-state index in [9.17, 15) is 0 Å². The Balaban J connectivity index is 2.37. The molecule has 0 saturated carbocycles. The number of hydrogen-bond donors (Lipinski definition) is 2. The van der Waals surface area contributed by atoms with Crippen molar-refractivity contribution in [1.82, 2.24) is 4.98 Å². The van der Waals surface area contributed by atoms with Crippen molar-refractivity contribution in [2.45, 2.75) is 6.92 Å². The summed E-state index contributed by atoms with van der Waals surface area (Å²) in [5.41, 5.74) is 8.51. The van der Waals surface area contributed by atoms with Crippen LogP contribution in [0.4, 0.5) is 11.5 Å². The summed E-state index contributed by atoms with van der Waals surface area (Å²) in [5, 5.41) is 3.23. The highest BCUT2D eigenvalue weighted by molar-refractivity contribution is 9.10. The fourth-order valence-corrected chi connectivity index (χ4v) is 2.42. The van der Waals surface area contributed by atoms with Gasteiger partial charge in [0.05, 0.1) is 5.56 Å². The molecule has 3 nitrogen and oxygen atoms in total. The molecule has 0 fully saturated rings. The summed E-state index contributed by atoms with van der Waals surface area (Å²) in [6, 6.07) is 9.71. The van der Waals surface area contributed by atoms with Crippen molar-refractivity contribution >= 4 is 44.6 Å². The highest BCUT2D eigenvalue weighted by Crippen LogP contribution is 2.23. The first-order valence-corrected chi connectivity index (χ1v) is 6.55. The van der Waals surface area contributed by atoms with E-state index >= 15 is 0 Å². The van der Waals surface area contributed by atoms with Gasteiger partial charge in [0, 0.05) is 16.4 Å². The third-order valence-corrected chi connectivity index (χ3v) is 3.06. The average Bonchev–Trinajstić information content (AvgIpc) is 2.27. The van der Waals surface area contributed by atoms with Crippen LogP contribution in [0.25, 0.3) is 0 Å². The number of thiocarbonyl (C=S) groups is 1. The first-order valence-electron chi connectivity index (χ1n) is 5.35. The summed E-state index contributed by atoms with van der Waals surface area (Å²) in [6.45, 7) is 2.03. The van der Waals surface area contributed by atoms with Crippen molar-refractivity contribution in [3.63, 3.8) is 0 Å². The Morgan fingerprint density at radius 3 is 2.83 bits per heavy atom. The first-order chi connectivity index (χ1) is 8.56. The standard InChI is InChI=1S/C13H12BrN3S/c1-8-5-9(14)7-10(6-8)17-13-11(12(15)18)3-2-4-16-13/h2-7H,1H3,(H2,15,18)(H,16,17). The van der Waals surface area contributed by atoms with Crippen LogP contribution in [0, 0.1) is 6.92 Å². The van der Waals surface area contributed by atoms with E-state index in [0.29, 0.717) is 10.8 Å². The van der Waals surface area contributed by atoms with Crippen molar-refractivity contribution in [2.75, 3.05) is 5.32 Å². The van der Waals surface area contributed by atoms with E-state index in [1.165, 1.54) is 0 Å². The van der Waals surface area contributed by atoms with Crippen LogP contribution in [0.3, 0.4) is 0 Å². The van der Waals surface area contributed by atoms with Crippen molar-refractivity contribution in [1.29, 1.82) is 0 Å². The van der Waals surface area contributed by atoms with Crippen LogP contribution in [0.5, 0.6) is 0 Å².